The van der Waals surface area contributed by atoms with Crippen LogP contribution in [-0.4, -0.2) is 61.0 Å². The van der Waals surface area contributed by atoms with Crippen molar-refractivity contribution in [2.75, 3.05) is 39.3 Å². The van der Waals surface area contributed by atoms with Crippen molar-refractivity contribution in [1.29, 1.82) is 0 Å². The van der Waals surface area contributed by atoms with Gasteiger partial charge < -0.3 is 10.2 Å². The quantitative estimate of drug-likeness (QED) is 0.732. The van der Waals surface area contributed by atoms with Gasteiger partial charge in [0.2, 0.25) is 5.91 Å². The Bertz CT molecular complexity index is 627. The molecule has 0 radical (unpaired) electrons. The lowest BCUT2D eigenvalue weighted by molar-refractivity contribution is -0.126. The molecule has 4 nitrogen and oxygen atoms in total. The van der Waals surface area contributed by atoms with Crippen LogP contribution in [0.5, 0.6) is 0 Å². The van der Waals surface area contributed by atoms with Crippen LogP contribution in [0.4, 0.5) is 0 Å². The predicted molar refractivity (Wildman–Crippen MR) is 116 cm³/mol. The maximum atomic E-state index is 12.5. The molecule has 3 rings (SSSR count). The molecule has 4 heteroatoms. The van der Waals surface area contributed by atoms with Crippen molar-refractivity contribution in [1.82, 2.24) is 15.1 Å². The van der Waals surface area contributed by atoms with E-state index in [1.165, 1.54) is 37.1 Å². The topological polar surface area (TPSA) is 35.6 Å². The molecule has 28 heavy (non-hydrogen) atoms. The van der Waals surface area contributed by atoms with Gasteiger partial charge in [-0.15, -0.1) is 0 Å². The molecule has 2 saturated heterocycles. The van der Waals surface area contributed by atoms with Gasteiger partial charge >= 0.3 is 0 Å². The lowest BCUT2D eigenvalue weighted by Crippen LogP contribution is -2.49. The van der Waals surface area contributed by atoms with E-state index in [1.54, 1.807) is 0 Å². The van der Waals surface area contributed by atoms with Crippen LogP contribution in [-0.2, 0) is 11.2 Å². The lowest BCUT2D eigenvalue weighted by Gasteiger charge is -2.41. The van der Waals surface area contributed by atoms with Gasteiger partial charge in [0, 0.05) is 25.0 Å². The molecule has 154 valence electrons. The zero-order valence-corrected chi connectivity index (χ0v) is 17.7. The molecule has 2 heterocycles. The highest BCUT2D eigenvalue weighted by Gasteiger charge is 2.30. The number of carbonyl (C=O) groups excluding carboxylic acids is 1. The van der Waals surface area contributed by atoms with Crippen LogP contribution < -0.4 is 5.32 Å². The molecule has 2 fully saturated rings. The standard InChI is InChI=1S/C24H37N3O/c1-3-20(2)19-26-15-12-23(13-16-26)27-17-10-22(11-18-27)24(28)25-14-9-21-7-5-4-6-8-21/h3-8,22-23H,9-19H2,1-2H3,(H,25,28)/b20-3+. The van der Waals surface area contributed by atoms with E-state index >= 15 is 0 Å². The molecular weight excluding hydrogens is 346 g/mol. The number of nitrogens with one attached hydrogen (secondary N) is 1. The van der Waals surface area contributed by atoms with E-state index in [1.807, 2.05) is 6.07 Å². The maximum absolute atomic E-state index is 12.5. The third kappa shape index (κ3) is 6.18. The molecule has 0 atom stereocenters. The van der Waals surface area contributed by atoms with E-state index in [0.717, 1.165) is 45.4 Å². The smallest absolute Gasteiger partial charge is 0.223 e. The van der Waals surface area contributed by atoms with Crippen molar-refractivity contribution in [3.05, 3.63) is 47.5 Å². The first-order valence-corrected chi connectivity index (χ1v) is 11.1. The van der Waals surface area contributed by atoms with Crippen molar-refractivity contribution in [3.63, 3.8) is 0 Å². The average Bonchev–Trinajstić information content (AvgIpc) is 2.75. The molecule has 0 unspecified atom stereocenters. The molecule has 0 spiro atoms. The number of likely N-dealkylation sites (tertiary alicyclic amines) is 2. The summed E-state index contributed by atoms with van der Waals surface area (Å²) >= 11 is 0. The fourth-order valence-electron chi connectivity index (χ4n) is 4.53. The highest BCUT2D eigenvalue weighted by molar-refractivity contribution is 5.78. The van der Waals surface area contributed by atoms with Gasteiger partial charge in [0.15, 0.2) is 0 Å². The molecule has 2 aliphatic heterocycles. The number of benzene rings is 1. The Morgan fingerprint density at radius 1 is 1.07 bits per heavy atom. The van der Waals surface area contributed by atoms with Gasteiger partial charge in [-0.3, -0.25) is 9.69 Å². The second kappa shape index (κ2) is 10.8. The van der Waals surface area contributed by atoms with Crippen molar-refractivity contribution in [3.8, 4) is 0 Å². The van der Waals surface area contributed by atoms with E-state index in [4.69, 9.17) is 0 Å². The Morgan fingerprint density at radius 3 is 2.39 bits per heavy atom. The summed E-state index contributed by atoms with van der Waals surface area (Å²) in [5.74, 6) is 0.455. The monoisotopic (exact) mass is 383 g/mol. The minimum Gasteiger partial charge on any atom is -0.356 e. The summed E-state index contributed by atoms with van der Waals surface area (Å²) in [6.45, 7) is 10.8. The van der Waals surface area contributed by atoms with Crippen LogP contribution in [0, 0.1) is 5.92 Å². The summed E-state index contributed by atoms with van der Waals surface area (Å²) in [5.41, 5.74) is 2.76. The predicted octanol–water partition coefficient (Wildman–Crippen LogP) is 3.49. The van der Waals surface area contributed by atoms with Crippen LogP contribution in [0.2, 0.25) is 0 Å². The number of nitrogens with zero attached hydrogens (tertiary/aromatic N) is 2. The van der Waals surface area contributed by atoms with Gasteiger partial charge in [-0.1, -0.05) is 42.0 Å². The van der Waals surface area contributed by atoms with Crippen LogP contribution in [0.1, 0.15) is 45.1 Å². The first kappa shape index (κ1) is 21.1. The molecule has 0 aromatic heterocycles. The number of amides is 1. The molecule has 1 amide bonds. The number of hydrogen-bond acceptors (Lipinski definition) is 3. The van der Waals surface area contributed by atoms with Crippen molar-refractivity contribution >= 4 is 5.91 Å². The number of allylic oxidation sites excluding steroid dienone is 1. The van der Waals surface area contributed by atoms with Gasteiger partial charge in [0.05, 0.1) is 0 Å². The Kier molecular flexibility index (Phi) is 8.11. The second-order valence-electron chi connectivity index (χ2n) is 8.48. The largest absolute Gasteiger partial charge is 0.356 e. The number of hydrogen-bond donors (Lipinski definition) is 1. The van der Waals surface area contributed by atoms with Gasteiger partial charge in [0.1, 0.15) is 0 Å². The molecule has 1 N–H and O–H groups in total. The number of piperidine rings is 2. The molecule has 1 aromatic rings. The van der Waals surface area contributed by atoms with Gasteiger partial charge in [-0.25, -0.2) is 0 Å². The van der Waals surface area contributed by atoms with Gasteiger partial charge in [0.25, 0.3) is 0 Å². The first-order valence-electron chi connectivity index (χ1n) is 11.1. The van der Waals surface area contributed by atoms with E-state index in [9.17, 15) is 4.79 Å². The molecule has 0 saturated carbocycles. The Labute approximate surface area is 171 Å². The van der Waals surface area contributed by atoms with E-state index < -0.39 is 0 Å². The zero-order chi connectivity index (χ0) is 19.8. The SMILES string of the molecule is C/C=C(\C)CN1CCC(N2CCC(C(=O)NCCc3ccccc3)CC2)CC1. The van der Waals surface area contributed by atoms with Crippen molar-refractivity contribution in [2.45, 2.75) is 52.0 Å². The molecular formula is C24H37N3O. The molecule has 2 aliphatic rings. The van der Waals surface area contributed by atoms with Crippen LogP contribution in [0.3, 0.4) is 0 Å². The van der Waals surface area contributed by atoms with Crippen LogP contribution in [0.25, 0.3) is 0 Å². The first-order chi connectivity index (χ1) is 13.7. The van der Waals surface area contributed by atoms with Crippen LogP contribution >= 0.6 is 0 Å². The summed E-state index contributed by atoms with van der Waals surface area (Å²) < 4.78 is 0. The minimum absolute atomic E-state index is 0.199. The van der Waals surface area contributed by atoms with Crippen molar-refractivity contribution in [2.24, 2.45) is 5.92 Å². The Balaban J connectivity index is 1.33. The van der Waals surface area contributed by atoms with Gasteiger partial charge in [-0.2, -0.15) is 0 Å². The summed E-state index contributed by atoms with van der Waals surface area (Å²) in [4.78, 5) is 17.7. The minimum atomic E-state index is 0.199. The molecule has 0 bridgehead atoms. The van der Waals surface area contributed by atoms with Crippen molar-refractivity contribution < 1.29 is 4.79 Å². The molecule has 0 aliphatic carbocycles. The third-order valence-electron chi connectivity index (χ3n) is 6.50. The Hall–Kier alpha value is -1.65. The fraction of sp³-hybridized carbons (Fsp3) is 0.625. The summed E-state index contributed by atoms with van der Waals surface area (Å²) in [6.07, 6.45) is 7.69. The molecule has 1 aromatic carbocycles. The second-order valence-corrected chi connectivity index (χ2v) is 8.48. The average molecular weight is 384 g/mol. The number of rotatable bonds is 7. The summed E-state index contributed by atoms with van der Waals surface area (Å²) in [6, 6.07) is 11.1. The normalized spacial score (nSPS) is 21.0. The van der Waals surface area contributed by atoms with Gasteiger partial charge in [-0.05, 0) is 77.7 Å². The number of carbonyl (C=O) groups is 1. The van der Waals surface area contributed by atoms with E-state index in [2.05, 4.69) is 59.3 Å². The Morgan fingerprint density at radius 2 is 1.75 bits per heavy atom. The zero-order valence-electron chi connectivity index (χ0n) is 17.7. The summed E-state index contributed by atoms with van der Waals surface area (Å²) in [7, 11) is 0. The lowest BCUT2D eigenvalue weighted by atomic mass is 9.92. The van der Waals surface area contributed by atoms with E-state index in [-0.39, 0.29) is 11.8 Å². The van der Waals surface area contributed by atoms with E-state index in [0.29, 0.717) is 6.04 Å². The fourth-order valence-corrected chi connectivity index (χ4v) is 4.53. The maximum Gasteiger partial charge on any atom is 0.223 e. The highest BCUT2D eigenvalue weighted by Crippen LogP contribution is 2.24. The third-order valence-corrected chi connectivity index (χ3v) is 6.50. The van der Waals surface area contributed by atoms with Crippen LogP contribution in [0.15, 0.2) is 42.0 Å². The highest BCUT2D eigenvalue weighted by atomic mass is 16.1. The summed E-state index contributed by atoms with van der Waals surface area (Å²) in [5, 5.41) is 3.16.